The van der Waals surface area contributed by atoms with E-state index >= 15 is 0 Å². The minimum absolute atomic E-state index is 0.339. The van der Waals surface area contributed by atoms with Crippen molar-refractivity contribution in [2.75, 3.05) is 0 Å². The Labute approximate surface area is 110 Å². The third-order valence-electron chi connectivity index (χ3n) is 2.30. The van der Waals surface area contributed by atoms with Crippen molar-refractivity contribution in [2.45, 2.75) is 19.4 Å². The van der Waals surface area contributed by atoms with E-state index in [-0.39, 0.29) is 0 Å². The molecule has 0 bridgehead atoms. The zero-order valence-corrected chi connectivity index (χ0v) is 10.6. The van der Waals surface area contributed by atoms with Crippen LogP contribution >= 0.6 is 11.6 Å². The summed E-state index contributed by atoms with van der Waals surface area (Å²) < 4.78 is 0. The first kappa shape index (κ1) is 14.3. The van der Waals surface area contributed by atoms with E-state index in [9.17, 15) is 9.59 Å². The molecule has 1 amide bonds. The number of nitrogens with one attached hydrogen (secondary N) is 1. The van der Waals surface area contributed by atoms with Crippen molar-refractivity contribution >= 4 is 29.6 Å². The summed E-state index contributed by atoms with van der Waals surface area (Å²) in [5, 5.41) is 11.8. The minimum Gasteiger partial charge on any atom is -0.480 e. The van der Waals surface area contributed by atoms with Gasteiger partial charge in [0, 0.05) is 11.1 Å². The summed E-state index contributed by atoms with van der Waals surface area (Å²) >= 11 is 5.80. The van der Waals surface area contributed by atoms with Gasteiger partial charge in [0.05, 0.1) is 0 Å². The lowest BCUT2D eigenvalue weighted by molar-refractivity contribution is -0.141. The summed E-state index contributed by atoms with van der Waals surface area (Å²) in [5.74, 6) is -1.48. The van der Waals surface area contributed by atoms with Crippen LogP contribution in [0.25, 0.3) is 6.08 Å². The van der Waals surface area contributed by atoms with Gasteiger partial charge >= 0.3 is 5.97 Å². The van der Waals surface area contributed by atoms with Crippen molar-refractivity contribution in [1.82, 2.24) is 5.32 Å². The molecule has 2 N–H and O–H groups in total. The first-order valence-corrected chi connectivity index (χ1v) is 5.87. The van der Waals surface area contributed by atoms with Gasteiger partial charge in [-0.15, -0.1) is 0 Å². The SMILES string of the molecule is CCC(NC(=O)/C=C/c1cccc(Cl)c1)C(=O)O. The molecule has 0 radical (unpaired) electrons. The van der Waals surface area contributed by atoms with Crippen LogP contribution in [0, 0.1) is 0 Å². The van der Waals surface area contributed by atoms with E-state index in [2.05, 4.69) is 5.32 Å². The highest BCUT2D eigenvalue weighted by molar-refractivity contribution is 6.30. The zero-order chi connectivity index (χ0) is 13.5. The molecule has 0 heterocycles. The summed E-state index contributed by atoms with van der Waals surface area (Å²) in [5.41, 5.74) is 0.779. The van der Waals surface area contributed by atoms with Crippen molar-refractivity contribution in [3.8, 4) is 0 Å². The maximum absolute atomic E-state index is 11.5. The van der Waals surface area contributed by atoms with Crippen LogP contribution in [0.5, 0.6) is 0 Å². The van der Waals surface area contributed by atoms with Crippen LogP contribution in [0.15, 0.2) is 30.3 Å². The molecule has 0 fully saturated rings. The van der Waals surface area contributed by atoms with Crippen LogP contribution in [0.2, 0.25) is 5.02 Å². The van der Waals surface area contributed by atoms with E-state index in [0.29, 0.717) is 11.4 Å². The van der Waals surface area contributed by atoms with Gasteiger partial charge in [0.15, 0.2) is 0 Å². The normalized spacial score (nSPS) is 12.3. The molecule has 96 valence electrons. The van der Waals surface area contributed by atoms with Crippen molar-refractivity contribution in [2.24, 2.45) is 0 Å². The highest BCUT2D eigenvalue weighted by atomic mass is 35.5. The highest BCUT2D eigenvalue weighted by Gasteiger charge is 2.15. The Morgan fingerprint density at radius 1 is 1.50 bits per heavy atom. The van der Waals surface area contributed by atoms with Crippen molar-refractivity contribution in [3.63, 3.8) is 0 Å². The number of hydrogen-bond acceptors (Lipinski definition) is 2. The Kier molecular flexibility index (Phi) is 5.39. The molecule has 0 saturated carbocycles. The second-order valence-corrected chi connectivity index (χ2v) is 4.13. The van der Waals surface area contributed by atoms with Gasteiger partial charge in [0.1, 0.15) is 6.04 Å². The van der Waals surface area contributed by atoms with Gasteiger partial charge in [-0.3, -0.25) is 4.79 Å². The Bertz CT molecular complexity index is 471. The number of carboxylic acids is 1. The first-order chi connectivity index (χ1) is 8.52. The number of carbonyl (C=O) groups excluding carboxylic acids is 1. The van der Waals surface area contributed by atoms with Gasteiger partial charge in [-0.1, -0.05) is 30.7 Å². The number of carbonyl (C=O) groups is 2. The quantitative estimate of drug-likeness (QED) is 0.805. The molecule has 1 aromatic rings. The lowest BCUT2D eigenvalue weighted by atomic mass is 10.2. The zero-order valence-electron chi connectivity index (χ0n) is 9.89. The van der Waals surface area contributed by atoms with E-state index in [1.165, 1.54) is 6.08 Å². The molecule has 18 heavy (non-hydrogen) atoms. The molecule has 4 nitrogen and oxygen atoms in total. The molecular weight excluding hydrogens is 254 g/mol. The summed E-state index contributed by atoms with van der Waals surface area (Å²) in [4.78, 5) is 22.2. The fraction of sp³-hybridized carbons (Fsp3) is 0.231. The van der Waals surface area contributed by atoms with Crippen LogP contribution in [0.1, 0.15) is 18.9 Å². The van der Waals surface area contributed by atoms with Crippen molar-refractivity contribution in [3.05, 3.63) is 40.9 Å². The van der Waals surface area contributed by atoms with Gasteiger partial charge in [-0.25, -0.2) is 4.79 Å². The number of benzene rings is 1. The lowest BCUT2D eigenvalue weighted by Crippen LogP contribution is -2.39. The third-order valence-corrected chi connectivity index (χ3v) is 2.53. The summed E-state index contributed by atoms with van der Waals surface area (Å²) in [6.45, 7) is 1.69. The van der Waals surface area contributed by atoms with Crippen molar-refractivity contribution < 1.29 is 14.7 Å². The van der Waals surface area contributed by atoms with E-state index in [1.807, 2.05) is 0 Å². The summed E-state index contributed by atoms with van der Waals surface area (Å²) in [7, 11) is 0. The van der Waals surface area contributed by atoms with E-state index in [0.717, 1.165) is 5.56 Å². The van der Waals surface area contributed by atoms with Gasteiger partial charge in [0.2, 0.25) is 5.91 Å². The third kappa shape index (κ3) is 4.59. The molecule has 5 heteroatoms. The Balaban J connectivity index is 2.62. The summed E-state index contributed by atoms with van der Waals surface area (Å²) in [6.07, 6.45) is 3.21. The average Bonchev–Trinajstić information content (AvgIpc) is 2.33. The molecule has 0 aromatic heterocycles. The smallest absolute Gasteiger partial charge is 0.326 e. The Morgan fingerprint density at radius 2 is 2.22 bits per heavy atom. The largest absolute Gasteiger partial charge is 0.480 e. The van der Waals surface area contributed by atoms with Crippen LogP contribution in [0.4, 0.5) is 0 Å². The number of hydrogen-bond donors (Lipinski definition) is 2. The van der Waals surface area contributed by atoms with E-state index < -0.39 is 17.9 Å². The number of rotatable bonds is 5. The van der Waals surface area contributed by atoms with Crippen LogP contribution < -0.4 is 5.32 Å². The molecule has 0 aliphatic heterocycles. The number of carboxylic acid groups (broad SMARTS) is 1. The molecule has 0 saturated heterocycles. The van der Waals surface area contributed by atoms with Crippen LogP contribution in [0.3, 0.4) is 0 Å². The van der Waals surface area contributed by atoms with Gasteiger partial charge < -0.3 is 10.4 Å². The number of amides is 1. The average molecular weight is 268 g/mol. The summed E-state index contributed by atoms with van der Waals surface area (Å²) in [6, 6.07) is 6.15. The topological polar surface area (TPSA) is 66.4 Å². The Morgan fingerprint density at radius 3 is 2.78 bits per heavy atom. The molecule has 1 aromatic carbocycles. The highest BCUT2D eigenvalue weighted by Crippen LogP contribution is 2.11. The van der Waals surface area contributed by atoms with Gasteiger partial charge in [-0.2, -0.15) is 0 Å². The molecular formula is C13H14ClNO3. The van der Waals surface area contributed by atoms with Gasteiger partial charge in [-0.05, 0) is 30.2 Å². The van der Waals surface area contributed by atoms with E-state index in [4.69, 9.17) is 16.7 Å². The minimum atomic E-state index is -1.04. The second kappa shape index (κ2) is 6.81. The maximum Gasteiger partial charge on any atom is 0.326 e. The van der Waals surface area contributed by atoms with Gasteiger partial charge in [0.25, 0.3) is 0 Å². The van der Waals surface area contributed by atoms with Crippen LogP contribution in [-0.4, -0.2) is 23.0 Å². The molecule has 0 aliphatic carbocycles. The molecule has 0 spiro atoms. The van der Waals surface area contributed by atoms with Crippen LogP contribution in [-0.2, 0) is 9.59 Å². The maximum atomic E-state index is 11.5. The fourth-order valence-electron chi connectivity index (χ4n) is 1.34. The fourth-order valence-corrected chi connectivity index (χ4v) is 1.54. The van der Waals surface area contributed by atoms with E-state index in [1.54, 1.807) is 37.3 Å². The Hall–Kier alpha value is -1.81. The lowest BCUT2D eigenvalue weighted by Gasteiger charge is -2.09. The molecule has 1 atom stereocenters. The molecule has 1 unspecified atom stereocenters. The predicted octanol–water partition coefficient (Wildman–Crippen LogP) is 2.33. The molecule has 1 rings (SSSR count). The standard InChI is InChI=1S/C13H14ClNO3/c1-2-11(13(17)18)15-12(16)7-6-9-4-3-5-10(14)8-9/h3-8,11H,2H2,1H3,(H,15,16)(H,17,18)/b7-6+. The monoisotopic (exact) mass is 267 g/mol. The van der Waals surface area contributed by atoms with Crippen molar-refractivity contribution in [1.29, 1.82) is 0 Å². The molecule has 0 aliphatic rings. The predicted molar refractivity (Wildman–Crippen MR) is 70.3 cm³/mol. The number of halogens is 1. The number of aliphatic carboxylic acids is 1. The second-order valence-electron chi connectivity index (χ2n) is 3.70. The first-order valence-electron chi connectivity index (χ1n) is 5.50.